The van der Waals surface area contributed by atoms with E-state index in [2.05, 4.69) is 17.2 Å². The summed E-state index contributed by atoms with van der Waals surface area (Å²) in [6.07, 6.45) is 5.48. The molecule has 0 radical (unpaired) electrons. The Morgan fingerprint density at radius 1 is 1.67 bits per heavy atom. The standard InChI is InChI=1S/C10H18N4O/c1-2-3-9-12-6-7-14(9)8-10(15)13-5-4-11/h6-7H,2-5,8,11H2,1H3,(H,13,15). The Morgan fingerprint density at radius 2 is 2.47 bits per heavy atom. The number of aromatic nitrogens is 2. The van der Waals surface area contributed by atoms with Crippen LogP contribution in [0.15, 0.2) is 12.4 Å². The van der Waals surface area contributed by atoms with Crippen LogP contribution in [0.5, 0.6) is 0 Å². The highest BCUT2D eigenvalue weighted by Gasteiger charge is 2.05. The van der Waals surface area contributed by atoms with Crippen LogP contribution in [0.1, 0.15) is 19.2 Å². The molecule has 0 aliphatic heterocycles. The molecule has 1 amide bonds. The fourth-order valence-corrected chi connectivity index (χ4v) is 1.36. The van der Waals surface area contributed by atoms with Crippen molar-refractivity contribution in [3.63, 3.8) is 0 Å². The van der Waals surface area contributed by atoms with Crippen molar-refractivity contribution >= 4 is 5.91 Å². The summed E-state index contributed by atoms with van der Waals surface area (Å²) < 4.78 is 1.87. The van der Waals surface area contributed by atoms with E-state index in [1.807, 2.05) is 10.8 Å². The summed E-state index contributed by atoms with van der Waals surface area (Å²) in [7, 11) is 0. The van der Waals surface area contributed by atoms with E-state index in [0.29, 0.717) is 19.6 Å². The summed E-state index contributed by atoms with van der Waals surface area (Å²) >= 11 is 0. The third-order valence-corrected chi connectivity index (χ3v) is 2.06. The number of nitrogens with two attached hydrogens (primary N) is 1. The maximum absolute atomic E-state index is 11.4. The molecule has 0 unspecified atom stereocenters. The number of carbonyl (C=O) groups excluding carboxylic acids is 1. The van der Waals surface area contributed by atoms with Crippen LogP contribution in [0.3, 0.4) is 0 Å². The van der Waals surface area contributed by atoms with Gasteiger partial charge in [-0.25, -0.2) is 4.98 Å². The van der Waals surface area contributed by atoms with Gasteiger partial charge in [-0.2, -0.15) is 0 Å². The van der Waals surface area contributed by atoms with Gasteiger partial charge in [-0.3, -0.25) is 4.79 Å². The lowest BCUT2D eigenvalue weighted by Gasteiger charge is -2.07. The number of imidazole rings is 1. The Kier molecular flexibility index (Phi) is 4.83. The normalized spacial score (nSPS) is 10.3. The molecular weight excluding hydrogens is 192 g/mol. The third-order valence-electron chi connectivity index (χ3n) is 2.06. The van der Waals surface area contributed by atoms with Crippen molar-refractivity contribution in [3.8, 4) is 0 Å². The molecule has 5 heteroatoms. The number of hydrogen-bond acceptors (Lipinski definition) is 3. The molecule has 1 aromatic heterocycles. The van der Waals surface area contributed by atoms with Crippen molar-refractivity contribution in [2.24, 2.45) is 5.73 Å². The van der Waals surface area contributed by atoms with E-state index in [4.69, 9.17) is 5.73 Å². The number of hydrogen-bond donors (Lipinski definition) is 2. The molecule has 15 heavy (non-hydrogen) atoms. The van der Waals surface area contributed by atoms with Crippen LogP contribution in [-0.4, -0.2) is 28.5 Å². The fraction of sp³-hybridized carbons (Fsp3) is 0.600. The topological polar surface area (TPSA) is 72.9 Å². The number of aryl methyl sites for hydroxylation is 1. The first-order valence-electron chi connectivity index (χ1n) is 5.24. The van der Waals surface area contributed by atoms with Gasteiger partial charge in [0.2, 0.25) is 5.91 Å². The van der Waals surface area contributed by atoms with Crippen LogP contribution in [0, 0.1) is 0 Å². The van der Waals surface area contributed by atoms with E-state index in [1.165, 1.54) is 0 Å². The predicted octanol–water partition coefficient (Wildman–Crippen LogP) is -0.0895. The zero-order valence-corrected chi connectivity index (χ0v) is 9.07. The van der Waals surface area contributed by atoms with Crippen molar-refractivity contribution in [2.75, 3.05) is 13.1 Å². The van der Waals surface area contributed by atoms with Gasteiger partial charge in [0.15, 0.2) is 0 Å². The molecule has 0 aliphatic carbocycles. The molecular formula is C10H18N4O. The fourth-order valence-electron chi connectivity index (χ4n) is 1.36. The van der Waals surface area contributed by atoms with Crippen LogP contribution < -0.4 is 11.1 Å². The molecule has 5 nitrogen and oxygen atoms in total. The van der Waals surface area contributed by atoms with Crippen molar-refractivity contribution in [1.82, 2.24) is 14.9 Å². The second-order valence-electron chi connectivity index (χ2n) is 3.36. The molecule has 1 rings (SSSR count). The number of rotatable bonds is 6. The summed E-state index contributed by atoms with van der Waals surface area (Å²) in [5.41, 5.74) is 5.29. The molecule has 0 spiro atoms. The molecule has 84 valence electrons. The summed E-state index contributed by atoms with van der Waals surface area (Å²) in [6, 6.07) is 0. The quantitative estimate of drug-likeness (QED) is 0.689. The maximum Gasteiger partial charge on any atom is 0.240 e. The average Bonchev–Trinajstić information content (AvgIpc) is 2.63. The van der Waals surface area contributed by atoms with Gasteiger partial charge in [0.25, 0.3) is 0 Å². The second kappa shape index (κ2) is 6.19. The highest BCUT2D eigenvalue weighted by molar-refractivity contribution is 5.75. The Bertz CT molecular complexity index is 308. The van der Waals surface area contributed by atoms with Gasteiger partial charge in [-0.15, -0.1) is 0 Å². The highest BCUT2D eigenvalue weighted by Crippen LogP contribution is 2.00. The van der Waals surface area contributed by atoms with Gasteiger partial charge >= 0.3 is 0 Å². The molecule has 0 aliphatic rings. The zero-order valence-electron chi connectivity index (χ0n) is 9.07. The predicted molar refractivity (Wildman–Crippen MR) is 58.3 cm³/mol. The summed E-state index contributed by atoms with van der Waals surface area (Å²) in [6.45, 7) is 3.41. The Morgan fingerprint density at radius 3 is 3.13 bits per heavy atom. The SMILES string of the molecule is CCCc1nccn1CC(=O)NCCN. The number of nitrogens with one attached hydrogen (secondary N) is 1. The molecule has 3 N–H and O–H groups in total. The lowest BCUT2D eigenvalue weighted by atomic mass is 10.3. The molecule has 0 aromatic carbocycles. The van der Waals surface area contributed by atoms with Crippen LogP contribution in [-0.2, 0) is 17.8 Å². The van der Waals surface area contributed by atoms with Gasteiger partial charge in [-0.1, -0.05) is 6.92 Å². The first kappa shape index (κ1) is 11.7. The first-order valence-corrected chi connectivity index (χ1v) is 5.24. The minimum atomic E-state index is -0.0178. The van der Waals surface area contributed by atoms with Gasteiger partial charge < -0.3 is 15.6 Å². The average molecular weight is 210 g/mol. The lowest BCUT2D eigenvalue weighted by molar-refractivity contribution is -0.121. The third kappa shape index (κ3) is 3.71. The molecule has 1 aromatic rings. The Balaban J connectivity index is 2.48. The van der Waals surface area contributed by atoms with Crippen LogP contribution in [0.25, 0.3) is 0 Å². The summed E-state index contributed by atoms with van der Waals surface area (Å²) in [5.74, 6) is 0.941. The van der Waals surface area contributed by atoms with Gasteiger partial charge in [0, 0.05) is 31.9 Å². The highest BCUT2D eigenvalue weighted by atomic mass is 16.1. The minimum Gasteiger partial charge on any atom is -0.353 e. The maximum atomic E-state index is 11.4. The second-order valence-corrected chi connectivity index (χ2v) is 3.36. The van der Waals surface area contributed by atoms with Crippen LogP contribution in [0.4, 0.5) is 0 Å². The number of carbonyl (C=O) groups is 1. The lowest BCUT2D eigenvalue weighted by Crippen LogP contribution is -2.32. The molecule has 0 atom stereocenters. The van der Waals surface area contributed by atoms with Gasteiger partial charge in [0.1, 0.15) is 12.4 Å². The van der Waals surface area contributed by atoms with E-state index < -0.39 is 0 Å². The van der Waals surface area contributed by atoms with Crippen molar-refractivity contribution in [1.29, 1.82) is 0 Å². The van der Waals surface area contributed by atoms with E-state index in [0.717, 1.165) is 18.7 Å². The monoisotopic (exact) mass is 210 g/mol. The van der Waals surface area contributed by atoms with Crippen molar-refractivity contribution in [3.05, 3.63) is 18.2 Å². The van der Waals surface area contributed by atoms with E-state index in [-0.39, 0.29) is 5.91 Å². The van der Waals surface area contributed by atoms with E-state index in [9.17, 15) is 4.79 Å². The first-order chi connectivity index (χ1) is 7.27. The van der Waals surface area contributed by atoms with E-state index in [1.54, 1.807) is 6.20 Å². The van der Waals surface area contributed by atoms with Gasteiger partial charge in [-0.05, 0) is 6.42 Å². The summed E-state index contributed by atoms with van der Waals surface area (Å²) in [4.78, 5) is 15.6. The number of nitrogens with zero attached hydrogens (tertiary/aromatic N) is 2. The molecule has 1 heterocycles. The van der Waals surface area contributed by atoms with Crippen LogP contribution >= 0.6 is 0 Å². The summed E-state index contributed by atoms with van der Waals surface area (Å²) in [5, 5.41) is 2.73. The molecule has 0 bridgehead atoms. The van der Waals surface area contributed by atoms with Gasteiger partial charge in [0.05, 0.1) is 0 Å². The van der Waals surface area contributed by atoms with Crippen molar-refractivity contribution in [2.45, 2.75) is 26.3 Å². The Labute approximate surface area is 89.7 Å². The largest absolute Gasteiger partial charge is 0.353 e. The van der Waals surface area contributed by atoms with E-state index >= 15 is 0 Å². The molecule has 0 saturated carbocycles. The minimum absolute atomic E-state index is 0.0178. The molecule has 0 saturated heterocycles. The molecule has 0 fully saturated rings. The number of amides is 1. The van der Waals surface area contributed by atoms with Crippen LogP contribution in [0.2, 0.25) is 0 Å². The smallest absolute Gasteiger partial charge is 0.240 e. The Hall–Kier alpha value is -1.36. The van der Waals surface area contributed by atoms with Crippen molar-refractivity contribution < 1.29 is 4.79 Å². The zero-order chi connectivity index (χ0) is 11.1.